The molecule has 2 amide bonds. The number of amides is 2. The second kappa shape index (κ2) is 13.0. The number of aromatic nitrogens is 2. The van der Waals surface area contributed by atoms with E-state index in [4.69, 9.17) is 4.74 Å². The van der Waals surface area contributed by atoms with Crippen LogP contribution in [0.2, 0.25) is 0 Å². The van der Waals surface area contributed by atoms with Gasteiger partial charge in [0.1, 0.15) is 5.00 Å². The number of nitrogens with zero attached hydrogens (tertiary/aromatic N) is 2. The van der Waals surface area contributed by atoms with E-state index in [1.54, 1.807) is 13.8 Å². The molecule has 0 spiro atoms. The SMILES string of the molecule is CCOC(=O)c1c(NC(=O)C(C)Sc2nnc(NC(=O)CCC3CCCCC3)s2)sc2c1CCCC2. The summed E-state index contributed by atoms with van der Waals surface area (Å²) in [5.41, 5.74) is 1.53. The molecule has 2 aromatic rings. The van der Waals surface area contributed by atoms with E-state index >= 15 is 0 Å². The Balaban J connectivity index is 1.31. The van der Waals surface area contributed by atoms with Crippen LogP contribution in [0.4, 0.5) is 10.1 Å². The van der Waals surface area contributed by atoms with Crippen LogP contribution in [-0.2, 0) is 27.2 Å². The zero-order valence-electron chi connectivity index (χ0n) is 20.9. The Bertz CT molecular complexity index is 1080. The molecule has 0 saturated heterocycles. The van der Waals surface area contributed by atoms with Crippen molar-refractivity contribution in [2.75, 3.05) is 17.2 Å². The number of fused-ring (bicyclic) bond motifs is 1. The summed E-state index contributed by atoms with van der Waals surface area (Å²) in [4.78, 5) is 39.1. The first kappa shape index (κ1) is 27.1. The molecule has 1 unspecified atom stereocenters. The molecule has 1 saturated carbocycles. The van der Waals surface area contributed by atoms with Crippen LogP contribution < -0.4 is 10.6 Å². The van der Waals surface area contributed by atoms with E-state index in [9.17, 15) is 14.4 Å². The highest BCUT2D eigenvalue weighted by atomic mass is 32.2. The number of carbonyl (C=O) groups excluding carboxylic acids is 3. The molecule has 0 aromatic carbocycles. The van der Waals surface area contributed by atoms with Gasteiger partial charge in [-0.1, -0.05) is 55.2 Å². The van der Waals surface area contributed by atoms with Gasteiger partial charge in [-0.05, 0) is 57.4 Å². The molecule has 11 heteroatoms. The van der Waals surface area contributed by atoms with Crippen molar-refractivity contribution in [2.45, 2.75) is 94.1 Å². The Hall–Kier alpha value is -1.98. The first-order chi connectivity index (χ1) is 17.4. The van der Waals surface area contributed by atoms with Crippen molar-refractivity contribution in [3.8, 4) is 0 Å². The third kappa shape index (κ3) is 7.07. The van der Waals surface area contributed by atoms with Gasteiger partial charge in [0.05, 0.1) is 17.4 Å². The largest absolute Gasteiger partial charge is 0.462 e. The number of esters is 1. The zero-order chi connectivity index (χ0) is 25.5. The second-order valence-corrected chi connectivity index (χ2v) is 13.0. The fourth-order valence-corrected chi connectivity index (χ4v) is 7.98. The maximum absolute atomic E-state index is 13.0. The predicted octanol–water partition coefficient (Wildman–Crippen LogP) is 6.07. The van der Waals surface area contributed by atoms with Gasteiger partial charge in [0.15, 0.2) is 4.34 Å². The standard InChI is InChI=1S/C25H34N4O4S3/c1-3-33-23(32)20-17-11-7-8-12-18(17)35-22(20)27-21(31)15(2)34-25-29-28-24(36-25)26-19(30)14-13-16-9-5-4-6-10-16/h15-16H,3-14H2,1-2H3,(H,27,31)(H,26,28,30). The third-order valence-electron chi connectivity index (χ3n) is 6.69. The molecule has 0 bridgehead atoms. The van der Waals surface area contributed by atoms with Crippen molar-refractivity contribution in [2.24, 2.45) is 5.92 Å². The average Bonchev–Trinajstić information content (AvgIpc) is 3.47. The number of hydrogen-bond donors (Lipinski definition) is 2. The van der Waals surface area contributed by atoms with Crippen LogP contribution in [0.15, 0.2) is 4.34 Å². The van der Waals surface area contributed by atoms with Crippen LogP contribution >= 0.6 is 34.4 Å². The van der Waals surface area contributed by atoms with Gasteiger partial charge in [-0.15, -0.1) is 21.5 Å². The normalized spacial score (nSPS) is 16.7. The fourth-order valence-electron chi connectivity index (χ4n) is 4.79. The summed E-state index contributed by atoms with van der Waals surface area (Å²) in [5, 5.41) is 14.6. The smallest absolute Gasteiger partial charge is 0.341 e. The zero-order valence-corrected chi connectivity index (χ0v) is 23.3. The Morgan fingerprint density at radius 2 is 1.83 bits per heavy atom. The van der Waals surface area contributed by atoms with Crippen LogP contribution in [0, 0.1) is 5.92 Å². The van der Waals surface area contributed by atoms with E-state index in [0.717, 1.165) is 42.5 Å². The first-order valence-corrected chi connectivity index (χ1v) is 15.4. The topological polar surface area (TPSA) is 110 Å². The van der Waals surface area contributed by atoms with Crippen molar-refractivity contribution in [1.82, 2.24) is 10.2 Å². The number of aryl methyl sites for hydroxylation is 1. The molecule has 2 aromatic heterocycles. The van der Waals surface area contributed by atoms with Crippen molar-refractivity contribution >= 4 is 62.4 Å². The van der Waals surface area contributed by atoms with Gasteiger partial charge < -0.3 is 15.4 Å². The van der Waals surface area contributed by atoms with Gasteiger partial charge in [0.25, 0.3) is 0 Å². The summed E-state index contributed by atoms with van der Waals surface area (Å²) in [7, 11) is 0. The lowest BCUT2D eigenvalue weighted by atomic mass is 9.86. The Kier molecular flexibility index (Phi) is 9.78. The number of rotatable bonds is 10. The molecule has 2 aliphatic carbocycles. The molecule has 36 heavy (non-hydrogen) atoms. The molecule has 1 fully saturated rings. The quantitative estimate of drug-likeness (QED) is 0.210. The van der Waals surface area contributed by atoms with Gasteiger partial charge in [-0.2, -0.15) is 0 Å². The predicted molar refractivity (Wildman–Crippen MR) is 145 cm³/mol. The molecule has 0 radical (unpaired) electrons. The van der Waals surface area contributed by atoms with E-state index in [0.29, 0.717) is 39.0 Å². The number of anilines is 2. The van der Waals surface area contributed by atoms with E-state index in [-0.39, 0.29) is 17.8 Å². The molecule has 0 aliphatic heterocycles. The summed E-state index contributed by atoms with van der Waals surface area (Å²) in [6, 6.07) is 0. The number of hydrogen-bond acceptors (Lipinski definition) is 9. The minimum absolute atomic E-state index is 0.0350. The lowest BCUT2D eigenvalue weighted by Crippen LogP contribution is -2.23. The van der Waals surface area contributed by atoms with Crippen LogP contribution in [0.25, 0.3) is 0 Å². The van der Waals surface area contributed by atoms with Crippen molar-refractivity contribution in [1.29, 1.82) is 0 Å². The van der Waals surface area contributed by atoms with Gasteiger partial charge in [0, 0.05) is 11.3 Å². The number of thioether (sulfide) groups is 1. The first-order valence-electron chi connectivity index (χ1n) is 12.9. The van der Waals surface area contributed by atoms with Crippen molar-refractivity contribution < 1.29 is 19.1 Å². The third-order valence-corrected chi connectivity index (χ3v) is 9.92. The Morgan fingerprint density at radius 1 is 1.06 bits per heavy atom. The molecule has 196 valence electrons. The number of carbonyl (C=O) groups is 3. The highest BCUT2D eigenvalue weighted by molar-refractivity contribution is 8.02. The Morgan fingerprint density at radius 3 is 2.61 bits per heavy atom. The average molecular weight is 551 g/mol. The van der Waals surface area contributed by atoms with Crippen LogP contribution in [0.3, 0.4) is 0 Å². The molecule has 1 atom stereocenters. The Labute approximate surface area is 224 Å². The lowest BCUT2D eigenvalue weighted by molar-refractivity contribution is -0.117. The highest BCUT2D eigenvalue weighted by Crippen LogP contribution is 2.39. The minimum Gasteiger partial charge on any atom is -0.462 e. The summed E-state index contributed by atoms with van der Waals surface area (Å²) >= 11 is 4.03. The van der Waals surface area contributed by atoms with Crippen molar-refractivity contribution in [3.05, 3.63) is 16.0 Å². The van der Waals surface area contributed by atoms with Crippen LogP contribution in [-0.4, -0.2) is 39.8 Å². The summed E-state index contributed by atoms with van der Waals surface area (Å²) in [6.45, 7) is 3.87. The van der Waals surface area contributed by atoms with E-state index < -0.39 is 5.25 Å². The molecular weight excluding hydrogens is 517 g/mol. The van der Waals surface area contributed by atoms with Gasteiger partial charge in [-0.3, -0.25) is 9.59 Å². The van der Waals surface area contributed by atoms with Crippen molar-refractivity contribution in [3.63, 3.8) is 0 Å². The lowest BCUT2D eigenvalue weighted by Gasteiger charge is -2.20. The van der Waals surface area contributed by atoms with E-state index in [1.807, 2.05) is 0 Å². The minimum atomic E-state index is -0.457. The summed E-state index contributed by atoms with van der Waals surface area (Å²) in [5.74, 6) is 0.0350. The van der Waals surface area contributed by atoms with Crippen LogP contribution in [0.5, 0.6) is 0 Å². The summed E-state index contributed by atoms with van der Waals surface area (Å²) < 4.78 is 5.88. The molecule has 4 rings (SSSR count). The van der Waals surface area contributed by atoms with Gasteiger partial charge in [0.2, 0.25) is 16.9 Å². The van der Waals surface area contributed by atoms with Gasteiger partial charge >= 0.3 is 5.97 Å². The van der Waals surface area contributed by atoms with E-state index in [1.165, 1.54) is 66.5 Å². The van der Waals surface area contributed by atoms with E-state index in [2.05, 4.69) is 20.8 Å². The molecule has 2 heterocycles. The molecule has 2 aliphatic rings. The molecule has 2 N–H and O–H groups in total. The maximum Gasteiger partial charge on any atom is 0.341 e. The molecular formula is C25H34N4O4S3. The fraction of sp³-hybridized carbons (Fsp3) is 0.640. The molecule has 8 nitrogen and oxygen atoms in total. The number of thiophene rings is 1. The number of ether oxygens (including phenoxy) is 1. The van der Waals surface area contributed by atoms with Crippen LogP contribution in [0.1, 0.15) is 92.4 Å². The number of nitrogens with one attached hydrogen (secondary N) is 2. The summed E-state index contributed by atoms with van der Waals surface area (Å²) in [6.07, 6.45) is 11.6. The van der Waals surface area contributed by atoms with Gasteiger partial charge in [-0.25, -0.2) is 4.79 Å². The highest BCUT2D eigenvalue weighted by Gasteiger charge is 2.28. The maximum atomic E-state index is 13.0. The monoisotopic (exact) mass is 550 g/mol. The second-order valence-electron chi connectivity index (χ2n) is 9.35.